The molecule has 0 aliphatic carbocycles. The van der Waals surface area contributed by atoms with Gasteiger partial charge in [0, 0.05) is 30.2 Å². The van der Waals surface area contributed by atoms with Crippen LogP contribution in [0, 0.1) is 11.3 Å². The van der Waals surface area contributed by atoms with E-state index in [1.165, 1.54) is 17.3 Å². The monoisotopic (exact) mass is 427 g/mol. The Balaban J connectivity index is 1.62. The highest BCUT2D eigenvalue weighted by atomic mass is 16.1. The van der Waals surface area contributed by atoms with Gasteiger partial charge in [0.25, 0.3) is 5.91 Å². The molecule has 0 radical (unpaired) electrons. The molecule has 162 valence electrons. The van der Waals surface area contributed by atoms with Crippen molar-refractivity contribution < 1.29 is 4.79 Å². The average Bonchev–Trinajstić information content (AvgIpc) is 2.79. The summed E-state index contributed by atoms with van der Waals surface area (Å²) < 4.78 is 0. The van der Waals surface area contributed by atoms with Crippen LogP contribution < -0.4 is 21.3 Å². The summed E-state index contributed by atoms with van der Waals surface area (Å²) in [6.45, 7) is 5.62. The summed E-state index contributed by atoms with van der Waals surface area (Å²) in [5.41, 5.74) is 5.09. The van der Waals surface area contributed by atoms with Crippen molar-refractivity contribution in [3.05, 3.63) is 70.9 Å². The van der Waals surface area contributed by atoms with E-state index in [0.717, 1.165) is 25.2 Å². The Hall–Kier alpha value is -3.96. The maximum atomic E-state index is 12.7. The highest BCUT2D eigenvalue weighted by molar-refractivity contribution is 5.99. The Morgan fingerprint density at radius 1 is 1.09 bits per heavy atom. The standard InChI is InChI=1S/C24H25N7O/c1-15(2)28-23(32)21-14-27-24(30-20-8-5-17-9-10-26-13-18(17)11-20)31-22(21)29-19-6-3-16(12-25)4-7-19/h3-8,11,14-15,26H,9-10,13H2,1-2H3,(H,28,32)(H2,27,29,30,31). The highest BCUT2D eigenvalue weighted by Crippen LogP contribution is 2.24. The summed E-state index contributed by atoms with van der Waals surface area (Å²) in [5.74, 6) is 0.499. The van der Waals surface area contributed by atoms with Gasteiger partial charge in [0.15, 0.2) is 0 Å². The summed E-state index contributed by atoms with van der Waals surface area (Å²) in [7, 11) is 0. The fraction of sp³-hybridized carbons (Fsp3) is 0.250. The maximum absolute atomic E-state index is 12.7. The van der Waals surface area contributed by atoms with Crippen LogP contribution >= 0.6 is 0 Å². The number of carbonyl (C=O) groups is 1. The molecule has 4 N–H and O–H groups in total. The van der Waals surface area contributed by atoms with Gasteiger partial charge >= 0.3 is 0 Å². The lowest BCUT2D eigenvalue weighted by molar-refractivity contribution is 0.0943. The van der Waals surface area contributed by atoms with Crippen LogP contribution in [0.4, 0.5) is 23.1 Å². The lowest BCUT2D eigenvalue weighted by Gasteiger charge is -2.18. The molecule has 1 aliphatic rings. The van der Waals surface area contributed by atoms with Gasteiger partial charge in [0.05, 0.1) is 11.6 Å². The van der Waals surface area contributed by atoms with Gasteiger partial charge < -0.3 is 21.3 Å². The van der Waals surface area contributed by atoms with Crippen LogP contribution in [0.15, 0.2) is 48.7 Å². The fourth-order valence-electron chi connectivity index (χ4n) is 3.50. The summed E-state index contributed by atoms with van der Waals surface area (Å²) in [4.78, 5) is 21.6. The van der Waals surface area contributed by atoms with Crippen molar-refractivity contribution in [2.45, 2.75) is 32.9 Å². The minimum atomic E-state index is -0.262. The molecule has 0 unspecified atom stereocenters. The van der Waals surface area contributed by atoms with Crippen LogP contribution in [-0.2, 0) is 13.0 Å². The topological polar surface area (TPSA) is 115 Å². The molecular weight excluding hydrogens is 402 g/mol. The molecule has 0 saturated heterocycles. The molecule has 2 heterocycles. The predicted molar refractivity (Wildman–Crippen MR) is 124 cm³/mol. The van der Waals surface area contributed by atoms with Crippen molar-refractivity contribution in [1.82, 2.24) is 20.6 Å². The number of nitrogens with zero attached hydrogens (tertiary/aromatic N) is 3. The van der Waals surface area contributed by atoms with Crippen molar-refractivity contribution in [2.24, 2.45) is 0 Å². The third-order valence-electron chi connectivity index (χ3n) is 5.08. The fourth-order valence-corrected chi connectivity index (χ4v) is 3.50. The van der Waals surface area contributed by atoms with Crippen LogP contribution in [0.1, 0.15) is 40.9 Å². The Kier molecular flexibility index (Phi) is 6.29. The van der Waals surface area contributed by atoms with E-state index >= 15 is 0 Å². The minimum absolute atomic E-state index is 0.0211. The molecule has 2 aromatic carbocycles. The maximum Gasteiger partial charge on any atom is 0.256 e. The number of carbonyl (C=O) groups excluding carboxylic acids is 1. The number of benzene rings is 2. The van der Waals surface area contributed by atoms with Crippen molar-refractivity contribution in [1.29, 1.82) is 5.26 Å². The smallest absolute Gasteiger partial charge is 0.256 e. The Morgan fingerprint density at radius 2 is 1.88 bits per heavy atom. The molecule has 8 nitrogen and oxygen atoms in total. The summed E-state index contributed by atoms with van der Waals surface area (Å²) in [6, 6.07) is 15.3. The predicted octanol–water partition coefficient (Wildman–Crippen LogP) is 3.62. The molecule has 3 aromatic rings. The summed E-state index contributed by atoms with van der Waals surface area (Å²) >= 11 is 0. The lowest BCUT2D eigenvalue weighted by atomic mass is 10.0. The summed E-state index contributed by atoms with van der Waals surface area (Å²) in [5, 5.41) is 21.7. The normalized spacial score (nSPS) is 12.6. The molecular formula is C24H25N7O. The van der Waals surface area contributed by atoms with E-state index in [9.17, 15) is 4.79 Å². The largest absolute Gasteiger partial charge is 0.350 e. The van der Waals surface area contributed by atoms with Crippen molar-refractivity contribution >= 4 is 29.0 Å². The first-order valence-corrected chi connectivity index (χ1v) is 10.6. The second kappa shape index (κ2) is 9.45. The Bertz CT molecular complexity index is 1170. The summed E-state index contributed by atoms with van der Waals surface area (Å²) in [6.07, 6.45) is 2.53. The van der Waals surface area contributed by atoms with Crippen molar-refractivity contribution in [3.63, 3.8) is 0 Å². The number of fused-ring (bicyclic) bond motifs is 1. The van der Waals surface area contributed by atoms with E-state index in [0.29, 0.717) is 28.6 Å². The van der Waals surface area contributed by atoms with Gasteiger partial charge in [-0.3, -0.25) is 4.79 Å². The Morgan fingerprint density at radius 3 is 2.62 bits per heavy atom. The number of anilines is 4. The van der Waals surface area contributed by atoms with Gasteiger partial charge in [-0.25, -0.2) is 4.98 Å². The quantitative estimate of drug-likeness (QED) is 0.475. The number of nitrogens with one attached hydrogen (secondary N) is 4. The lowest BCUT2D eigenvalue weighted by Crippen LogP contribution is -2.31. The van der Waals surface area contributed by atoms with Crippen LogP contribution in [0.25, 0.3) is 0 Å². The van der Waals surface area contributed by atoms with E-state index in [4.69, 9.17) is 5.26 Å². The van der Waals surface area contributed by atoms with Gasteiger partial charge in [-0.15, -0.1) is 0 Å². The van der Waals surface area contributed by atoms with E-state index < -0.39 is 0 Å². The van der Waals surface area contributed by atoms with Crippen molar-refractivity contribution in [3.8, 4) is 6.07 Å². The second-order valence-electron chi connectivity index (χ2n) is 7.93. The zero-order valence-electron chi connectivity index (χ0n) is 18.1. The average molecular weight is 428 g/mol. The molecule has 32 heavy (non-hydrogen) atoms. The number of hydrogen-bond acceptors (Lipinski definition) is 7. The van der Waals surface area contributed by atoms with E-state index in [-0.39, 0.29) is 11.9 Å². The van der Waals surface area contributed by atoms with E-state index in [1.807, 2.05) is 19.9 Å². The van der Waals surface area contributed by atoms with Crippen molar-refractivity contribution in [2.75, 3.05) is 17.2 Å². The molecule has 1 aliphatic heterocycles. The van der Waals surface area contributed by atoms with Crippen LogP contribution in [0.5, 0.6) is 0 Å². The minimum Gasteiger partial charge on any atom is -0.350 e. The second-order valence-corrected chi connectivity index (χ2v) is 7.93. The van der Waals surface area contributed by atoms with Gasteiger partial charge in [0.1, 0.15) is 11.4 Å². The van der Waals surface area contributed by atoms with E-state index in [1.54, 1.807) is 24.3 Å². The van der Waals surface area contributed by atoms with Gasteiger partial charge in [-0.1, -0.05) is 6.07 Å². The third kappa shape index (κ3) is 5.02. The first kappa shape index (κ1) is 21.3. The zero-order valence-corrected chi connectivity index (χ0v) is 18.1. The van der Waals surface area contributed by atoms with Crippen LogP contribution in [0.3, 0.4) is 0 Å². The number of hydrogen-bond donors (Lipinski definition) is 4. The zero-order chi connectivity index (χ0) is 22.5. The number of rotatable bonds is 6. The first-order valence-electron chi connectivity index (χ1n) is 10.6. The molecule has 0 bridgehead atoms. The van der Waals surface area contributed by atoms with Crippen LogP contribution in [0.2, 0.25) is 0 Å². The molecule has 0 atom stereocenters. The van der Waals surface area contributed by atoms with Crippen LogP contribution in [-0.4, -0.2) is 28.5 Å². The molecule has 8 heteroatoms. The molecule has 4 rings (SSSR count). The Labute approximate surface area is 187 Å². The molecule has 0 spiro atoms. The molecule has 1 amide bonds. The van der Waals surface area contributed by atoms with Gasteiger partial charge in [-0.2, -0.15) is 10.2 Å². The third-order valence-corrected chi connectivity index (χ3v) is 5.08. The van der Waals surface area contributed by atoms with E-state index in [2.05, 4.69) is 49.4 Å². The van der Waals surface area contributed by atoms with Gasteiger partial charge in [-0.05, 0) is 74.3 Å². The molecule has 0 fully saturated rings. The number of nitriles is 1. The number of amides is 1. The molecule has 0 saturated carbocycles. The highest BCUT2D eigenvalue weighted by Gasteiger charge is 2.17. The first-order chi connectivity index (χ1) is 15.5. The number of aromatic nitrogens is 2. The molecule has 1 aromatic heterocycles. The SMILES string of the molecule is CC(C)NC(=O)c1cnc(Nc2ccc3c(c2)CNCC3)nc1Nc1ccc(C#N)cc1. The van der Waals surface area contributed by atoms with Gasteiger partial charge in [0.2, 0.25) is 5.95 Å².